The van der Waals surface area contributed by atoms with Crippen LogP contribution in [-0.4, -0.2) is 221 Å². The number of hydrogen-bond donors (Lipinski definition) is 14. The highest BCUT2D eigenvalue weighted by Gasteiger charge is 2.52. The van der Waals surface area contributed by atoms with Crippen molar-refractivity contribution in [1.29, 1.82) is 0 Å². The summed E-state index contributed by atoms with van der Waals surface area (Å²) in [6.45, 7) is -2.90. The van der Waals surface area contributed by atoms with Crippen LogP contribution in [0.2, 0.25) is 0 Å². The molecule has 264 valence electrons. The molecular formula is C24H42O21. The highest BCUT2D eigenvalue weighted by molar-refractivity contribution is 4.95. The second-order valence-corrected chi connectivity index (χ2v) is 11.2. The molecule has 20 atom stereocenters. The Kier molecular flexibility index (Phi) is 12.8. The maximum absolute atomic E-state index is 10.5. The summed E-state index contributed by atoms with van der Waals surface area (Å²) in [5.74, 6) is 0. The smallest absolute Gasteiger partial charge is 0.187 e. The van der Waals surface area contributed by atoms with Crippen molar-refractivity contribution < 1.29 is 105 Å². The molecule has 0 aromatic heterocycles. The van der Waals surface area contributed by atoms with Crippen LogP contribution in [0.15, 0.2) is 0 Å². The lowest BCUT2D eigenvalue weighted by Gasteiger charge is -2.46. The first-order valence-corrected chi connectivity index (χ1v) is 14.1. The second-order valence-electron chi connectivity index (χ2n) is 11.2. The SMILES string of the molecule is OC[C@H]1O[C@@H](OC[C@H]2O[C@@H](OC[C@H]3O[C@@H](O[C@H]4[C@H](O)[C@@H](O)[C@H](O)O[C@@H]4CO)[C@H](O)[C@@H](O)[C@H]3O)[C@H](O)[C@@H](O)[C@H]2O)[C@H](O)[C@@H](O)[C@H]1O. The Morgan fingerprint density at radius 1 is 0.378 bits per heavy atom. The highest BCUT2D eigenvalue weighted by atomic mass is 16.8. The van der Waals surface area contributed by atoms with Crippen molar-refractivity contribution in [1.82, 2.24) is 0 Å². The van der Waals surface area contributed by atoms with Gasteiger partial charge in [0.2, 0.25) is 0 Å². The molecule has 0 bridgehead atoms. The van der Waals surface area contributed by atoms with Gasteiger partial charge in [-0.3, -0.25) is 0 Å². The van der Waals surface area contributed by atoms with E-state index in [0.29, 0.717) is 0 Å². The Morgan fingerprint density at radius 2 is 0.778 bits per heavy atom. The number of rotatable bonds is 10. The normalized spacial score (nSPS) is 52.9. The summed E-state index contributed by atoms with van der Waals surface area (Å²) in [6.07, 6.45) is -34.6. The molecule has 0 aromatic carbocycles. The van der Waals surface area contributed by atoms with Crippen molar-refractivity contribution in [3.05, 3.63) is 0 Å². The molecule has 4 aliphatic rings. The lowest BCUT2D eigenvalue weighted by molar-refractivity contribution is -0.363. The second kappa shape index (κ2) is 15.6. The summed E-state index contributed by atoms with van der Waals surface area (Å²) in [5, 5.41) is 141. The molecule has 0 amide bonds. The van der Waals surface area contributed by atoms with Gasteiger partial charge in [0.05, 0.1) is 26.4 Å². The van der Waals surface area contributed by atoms with E-state index in [9.17, 15) is 71.5 Å². The molecule has 45 heavy (non-hydrogen) atoms. The molecule has 0 radical (unpaired) electrons. The predicted molar refractivity (Wildman–Crippen MR) is 134 cm³/mol. The molecule has 21 heteroatoms. The van der Waals surface area contributed by atoms with Gasteiger partial charge in [-0.05, 0) is 0 Å². The maximum Gasteiger partial charge on any atom is 0.187 e. The lowest BCUT2D eigenvalue weighted by Crippen LogP contribution is -2.65. The molecule has 4 rings (SSSR count). The third kappa shape index (κ3) is 7.75. The molecule has 0 aliphatic carbocycles. The molecule has 21 nitrogen and oxygen atoms in total. The summed E-state index contributed by atoms with van der Waals surface area (Å²) < 4.78 is 37.4. The van der Waals surface area contributed by atoms with E-state index in [-0.39, 0.29) is 0 Å². The van der Waals surface area contributed by atoms with Gasteiger partial charge in [0.15, 0.2) is 25.2 Å². The first kappa shape index (κ1) is 37.0. The van der Waals surface area contributed by atoms with E-state index < -0.39 is 149 Å². The highest BCUT2D eigenvalue weighted by Crippen LogP contribution is 2.30. The van der Waals surface area contributed by atoms with Crippen LogP contribution in [0.25, 0.3) is 0 Å². The minimum absolute atomic E-state index is 0.644. The van der Waals surface area contributed by atoms with Crippen LogP contribution in [0, 0.1) is 0 Å². The van der Waals surface area contributed by atoms with E-state index in [1.54, 1.807) is 0 Å². The molecule has 4 aliphatic heterocycles. The van der Waals surface area contributed by atoms with E-state index >= 15 is 0 Å². The van der Waals surface area contributed by atoms with E-state index in [4.69, 9.17) is 33.2 Å². The fourth-order valence-corrected chi connectivity index (χ4v) is 5.33. The van der Waals surface area contributed by atoms with Gasteiger partial charge >= 0.3 is 0 Å². The average molecular weight is 667 g/mol. The first-order chi connectivity index (χ1) is 21.2. The van der Waals surface area contributed by atoms with Gasteiger partial charge in [-0.2, -0.15) is 0 Å². The third-order valence-corrected chi connectivity index (χ3v) is 8.17. The summed E-state index contributed by atoms with van der Waals surface area (Å²) >= 11 is 0. The molecular weight excluding hydrogens is 624 g/mol. The summed E-state index contributed by atoms with van der Waals surface area (Å²) in [7, 11) is 0. The molecule has 4 heterocycles. The van der Waals surface area contributed by atoms with Crippen LogP contribution in [0.5, 0.6) is 0 Å². The van der Waals surface area contributed by atoms with Crippen molar-refractivity contribution in [3.63, 3.8) is 0 Å². The quantitative estimate of drug-likeness (QED) is 0.103. The topological polar surface area (TPSA) is 348 Å². The van der Waals surface area contributed by atoms with Crippen LogP contribution < -0.4 is 0 Å². The van der Waals surface area contributed by atoms with Crippen molar-refractivity contribution in [2.45, 2.75) is 123 Å². The van der Waals surface area contributed by atoms with Gasteiger partial charge in [0.25, 0.3) is 0 Å². The number of ether oxygens (including phenoxy) is 7. The van der Waals surface area contributed by atoms with Crippen molar-refractivity contribution in [2.24, 2.45) is 0 Å². The van der Waals surface area contributed by atoms with Gasteiger partial charge in [0.1, 0.15) is 97.7 Å². The summed E-state index contributed by atoms with van der Waals surface area (Å²) in [6, 6.07) is 0. The lowest BCUT2D eigenvalue weighted by atomic mass is 9.97. The van der Waals surface area contributed by atoms with Crippen LogP contribution in [-0.2, 0) is 33.2 Å². The zero-order chi connectivity index (χ0) is 33.3. The fraction of sp³-hybridized carbons (Fsp3) is 1.00. The Balaban J connectivity index is 1.37. The first-order valence-electron chi connectivity index (χ1n) is 14.1. The third-order valence-electron chi connectivity index (χ3n) is 8.17. The zero-order valence-corrected chi connectivity index (χ0v) is 23.5. The largest absolute Gasteiger partial charge is 0.394 e. The average Bonchev–Trinajstić information content (AvgIpc) is 3.03. The van der Waals surface area contributed by atoms with Gasteiger partial charge < -0.3 is 105 Å². The van der Waals surface area contributed by atoms with E-state index in [1.807, 2.05) is 0 Å². The Hall–Kier alpha value is -0.840. The van der Waals surface area contributed by atoms with Crippen molar-refractivity contribution in [3.8, 4) is 0 Å². The molecule has 0 spiro atoms. The van der Waals surface area contributed by atoms with E-state index in [1.165, 1.54) is 0 Å². The Morgan fingerprint density at radius 3 is 1.24 bits per heavy atom. The van der Waals surface area contributed by atoms with Crippen LogP contribution in [0.1, 0.15) is 0 Å². The summed E-state index contributed by atoms with van der Waals surface area (Å²) in [5.41, 5.74) is 0. The van der Waals surface area contributed by atoms with E-state index in [0.717, 1.165) is 0 Å². The maximum atomic E-state index is 10.5. The van der Waals surface area contributed by atoms with Crippen LogP contribution in [0.4, 0.5) is 0 Å². The van der Waals surface area contributed by atoms with Crippen LogP contribution >= 0.6 is 0 Å². The number of aliphatic hydroxyl groups excluding tert-OH is 14. The molecule has 0 aromatic rings. The molecule has 4 saturated heterocycles. The van der Waals surface area contributed by atoms with Gasteiger partial charge in [0, 0.05) is 0 Å². The minimum Gasteiger partial charge on any atom is -0.394 e. The Labute approximate surface area is 254 Å². The molecule has 0 saturated carbocycles. The monoisotopic (exact) mass is 666 g/mol. The zero-order valence-electron chi connectivity index (χ0n) is 23.5. The predicted octanol–water partition coefficient (Wildman–Crippen LogP) is -9.75. The van der Waals surface area contributed by atoms with Gasteiger partial charge in [-0.15, -0.1) is 0 Å². The van der Waals surface area contributed by atoms with Gasteiger partial charge in [-0.1, -0.05) is 0 Å². The van der Waals surface area contributed by atoms with Gasteiger partial charge in [-0.25, -0.2) is 0 Å². The standard InChI is InChI=1S/C24H42O21/c25-1-5-9(27)12(30)17(35)22(42-5)39-3-7-10(28)13(31)18(36)23(43-7)40-4-8-11(29)14(32)19(37)24(44-8)45-20-6(2-26)41-21(38)16(34)15(20)33/h5-38H,1-4H2/t5-,6-,7-,8-,9+,10+,11+,12+,13+,14+,15-,16-,17-,18-,19-,20-,21-,22-,23-,24+/m1/s1. The van der Waals surface area contributed by atoms with E-state index in [2.05, 4.69) is 0 Å². The number of hydrogen-bond acceptors (Lipinski definition) is 21. The molecule has 14 N–H and O–H groups in total. The molecule has 0 unspecified atom stereocenters. The number of aliphatic hydroxyl groups is 14. The summed E-state index contributed by atoms with van der Waals surface area (Å²) in [4.78, 5) is 0. The minimum atomic E-state index is -1.94. The van der Waals surface area contributed by atoms with Crippen molar-refractivity contribution >= 4 is 0 Å². The van der Waals surface area contributed by atoms with Crippen LogP contribution in [0.3, 0.4) is 0 Å². The van der Waals surface area contributed by atoms with Crippen molar-refractivity contribution in [2.75, 3.05) is 26.4 Å². The fourth-order valence-electron chi connectivity index (χ4n) is 5.33. The molecule has 4 fully saturated rings. The Bertz CT molecular complexity index is 914.